The zero-order chi connectivity index (χ0) is 28.1. The van der Waals surface area contributed by atoms with E-state index in [1.165, 1.54) is 13.8 Å². The third-order valence-electron chi connectivity index (χ3n) is 11.4. The smallest absolute Gasteiger partial charge is 0.334 e. The van der Waals surface area contributed by atoms with Gasteiger partial charge >= 0.3 is 11.9 Å². The molecule has 8 nitrogen and oxygen atoms in total. The summed E-state index contributed by atoms with van der Waals surface area (Å²) in [5.74, 6) is -1.76. The number of esters is 2. The molecular formula is C30H40O8. The number of ketones is 1. The molecule has 0 radical (unpaired) electrons. The molecule has 0 bridgehead atoms. The molecule has 1 aliphatic heterocycles. The molecule has 3 N–H and O–H groups in total. The maximum absolute atomic E-state index is 13.4. The molecule has 0 spiro atoms. The van der Waals surface area contributed by atoms with Gasteiger partial charge in [-0.05, 0) is 83.3 Å². The summed E-state index contributed by atoms with van der Waals surface area (Å²) in [6.07, 6.45) is 5.22. The lowest BCUT2D eigenvalue weighted by Gasteiger charge is -2.64. The van der Waals surface area contributed by atoms with E-state index in [0.717, 1.165) is 11.1 Å². The third-order valence-corrected chi connectivity index (χ3v) is 11.4. The minimum absolute atomic E-state index is 0.0824. The van der Waals surface area contributed by atoms with Crippen LogP contribution in [0.15, 0.2) is 34.9 Å². The van der Waals surface area contributed by atoms with E-state index in [2.05, 4.69) is 0 Å². The molecule has 38 heavy (non-hydrogen) atoms. The highest BCUT2D eigenvalue weighted by Crippen LogP contribution is 2.70. The van der Waals surface area contributed by atoms with Gasteiger partial charge in [0.1, 0.15) is 23.4 Å². The predicted molar refractivity (Wildman–Crippen MR) is 137 cm³/mol. The Hall–Kier alpha value is -2.29. The largest absolute Gasteiger partial charge is 0.458 e. The first kappa shape index (κ1) is 27.3. The van der Waals surface area contributed by atoms with Gasteiger partial charge in [-0.1, -0.05) is 24.6 Å². The lowest BCUT2D eigenvalue weighted by atomic mass is 9.43. The van der Waals surface area contributed by atoms with Gasteiger partial charge in [0.05, 0.1) is 11.0 Å². The zero-order valence-corrected chi connectivity index (χ0v) is 23.2. The van der Waals surface area contributed by atoms with Crippen LogP contribution in [0.3, 0.4) is 0 Å². The number of fused-ring (bicyclic) bond motifs is 5. The van der Waals surface area contributed by atoms with Crippen LogP contribution in [0.5, 0.6) is 0 Å². The van der Waals surface area contributed by atoms with Crippen molar-refractivity contribution < 1.29 is 39.2 Å². The van der Waals surface area contributed by atoms with Crippen molar-refractivity contribution in [3.05, 3.63) is 34.9 Å². The average Bonchev–Trinajstić information content (AvgIpc) is 3.06. The summed E-state index contributed by atoms with van der Waals surface area (Å²) < 4.78 is 11.4. The highest BCUT2D eigenvalue weighted by atomic mass is 16.6. The summed E-state index contributed by atoms with van der Waals surface area (Å²) >= 11 is 0. The number of aliphatic hydroxyl groups is 3. The lowest BCUT2D eigenvalue weighted by molar-refractivity contribution is -0.282. The van der Waals surface area contributed by atoms with E-state index >= 15 is 0 Å². The molecule has 3 fully saturated rings. The SMILES string of the molecule is CC(=O)O[C@@H]1C[C@@H]2[C@H](CC[C@]3(C)[C@](O)([C@@](C)(O)[C@H]4CC(C)=C(C)C(=O)O4)CC[C@@]23O)[C@@]2(C)C(=O)C=CC=C12. The van der Waals surface area contributed by atoms with Crippen LogP contribution in [0.1, 0.15) is 80.1 Å². The van der Waals surface area contributed by atoms with Gasteiger partial charge in [-0.25, -0.2) is 4.79 Å². The van der Waals surface area contributed by atoms with Crippen LogP contribution in [0.2, 0.25) is 0 Å². The molecule has 0 unspecified atom stereocenters. The third kappa shape index (κ3) is 3.23. The van der Waals surface area contributed by atoms with Crippen molar-refractivity contribution in [2.45, 2.75) is 109 Å². The molecule has 9 atom stereocenters. The highest BCUT2D eigenvalue weighted by Gasteiger charge is 2.77. The first-order chi connectivity index (χ1) is 17.5. The Morgan fingerprint density at radius 2 is 1.82 bits per heavy atom. The molecule has 5 aliphatic rings. The first-order valence-corrected chi connectivity index (χ1v) is 13.7. The second kappa shape index (κ2) is 8.35. The molecule has 3 saturated carbocycles. The van der Waals surface area contributed by atoms with Crippen LogP contribution < -0.4 is 0 Å². The van der Waals surface area contributed by atoms with Gasteiger partial charge in [0.2, 0.25) is 0 Å². The van der Waals surface area contributed by atoms with E-state index in [0.29, 0.717) is 24.8 Å². The van der Waals surface area contributed by atoms with Crippen LogP contribution in [-0.2, 0) is 23.9 Å². The van der Waals surface area contributed by atoms with Gasteiger partial charge in [-0.15, -0.1) is 0 Å². The summed E-state index contributed by atoms with van der Waals surface area (Å²) in [5, 5.41) is 36.9. The molecule has 0 aromatic rings. The molecular weight excluding hydrogens is 488 g/mol. The molecule has 0 saturated heterocycles. The Kier molecular flexibility index (Phi) is 6.00. The van der Waals surface area contributed by atoms with E-state index in [1.54, 1.807) is 26.0 Å². The molecule has 8 heteroatoms. The maximum atomic E-state index is 13.4. The number of allylic oxidation sites excluding steroid dienone is 3. The van der Waals surface area contributed by atoms with E-state index in [9.17, 15) is 29.7 Å². The number of cyclic esters (lactones) is 1. The Bertz CT molecular complexity index is 1190. The molecule has 0 aromatic heterocycles. The Balaban J connectivity index is 1.56. The Morgan fingerprint density at radius 1 is 1.13 bits per heavy atom. The summed E-state index contributed by atoms with van der Waals surface area (Å²) in [6, 6.07) is 0. The molecule has 208 valence electrons. The normalized spacial score (nSPS) is 45.9. The molecule has 5 rings (SSSR count). The van der Waals surface area contributed by atoms with Gasteiger partial charge in [-0.3, -0.25) is 9.59 Å². The van der Waals surface area contributed by atoms with Crippen molar-refractivity contribution in [2.24, 2.45) is 22.7 Å². The number of carbonyl (C=O) groups is 3. The van der Waals surface area contributed by atoms with Crippen LogP contribution in [0.25, 0.3) is 0 Å². The van der Waals surface area contributed by atoms with Crippen molar-refractivity contribution in [2.75, 3.05) is 0 Å². The summed E-state index contributed by atoms with van der Waals surface area (Å²) in [5.41, 5.74) is -5.16. The Morgan fingerprint density at radius 3 is 2.45 bits per heavy atom. The van der Waals surface area contributed by atoms with E-state index in [1.807, 2.05) is 19.9 Å². The molecule has 4 aliphatic carbocycles. The summed E-state index contributed by atoms with van der Waals surface area (Å²) in [7, 11) is 0. The lowest BCUT2D eigenvalue weighted by Crippen LogP contribution is -2.72. The molecule has 0 aromatic carbocycles. The highest BCUT2D eigenvalue weighted by molar-refractivity contribution is 5.99. The number of rotatable bonds is 3. The summed E-state index contributed by atoms with van der Waals surface area (Å²) in [4.78, 5) is 38.0. The van der Waals surface area contributed by atoms with E-state index in [4.69, 9.17) is 9.47 Å². The van der Waals surface area contributed by atoms with Crippen molar-refractivity contribution in [3.63, 3.8) is 0 Å². The van der Waals surface area contributed by atoms with E-state index < -0.39 is 57.7 Å². The number of hydrogen-bond acceptors (Lipinski definition) is 8. The fourth-order valence-electron chi connectivity index (χ4n) is 8.82. The molecule has 0 amide bonds. The predicted octanol–water partition coefficient (Wildman–Crippen LogP) is 3.08. The van der Waals surface area contributed by atoms with Crippen molar-refractivity contribution in [1.29, 1.82) is 0 Å². The standard InChI is InChI=1S/C30H40O8/c1-16-14-24(38-25(33)17(16)2)28(6,34)30(36)13-12-29(35)21-15-22(37-18(3)31)20-8-7-9-23(32)27(20,5)19(21)10-11-26(29,30)4/h7-9,19,21-22,24,34-36H,10-15H2,1-6H3/t19-,21+,22+,24+,26-,27+,28-,29+,30-/m0/s1. The fraction of sp³-hybridized carbons (Fsp3) is 0.700. The minimum atomic E-state index is -1.85. The van der Waals surface area contributed by atoms with Gasteiger partial charge in [0, 0.05) is 24.3 Å². The fourth-order valence-corrected chi connectivity index (χ4v) is 8.82. The van der Waals surface area contributed by atoms with Crippen molar-refractivity contribution in [1.82, 2.24) is 0 Å². The monoisotopic (exact) mass is 528 g/mol. The van der Waals surface area contributed by atoms with Crippen molar-refractivity contribution in [3.8, 4) is 0 Å². The second-order valence-electron chi connectivity index (χ2n) is 12.9. The van der Waals surface area contributed by atoms with Crippen LogP contribution in [0, 0.1) is 22.7 Å². The van der Waals surface area contributed by atoms with Crippen LogP contribution in [-0.4, -0.2) is 62.1 Å². The number of ether oxygens (including phenoxy) is 2. The van der Waals surface area contributed by atoms with E-state index in [-0.39, 0.29) is 31.0 Å². The second-order valence-corrected chi connectivity index (χ2v) is 12.9. The topological polar surface area (TPSA) is 130 Å². The maximum Gasteiger partial charge on any atom is 0.334 e. The van der Waals surface area contributed by atoms with Gasteiger partial charge < -0.3 is 24.8 Å². The zero-order valence-electron chi connectivity index (χ0n) is 23.2. The van der Waals surface area contributed by atoms with Gasteiger partial charge in [0.15, 0.2) is 5.78 Å². The molecule has 1 heterocycles. The minimum Gasteiger partial charge on any atom is -0.458 e. The van der Waals surface area contributed by atoms with Gasteiger partial charge in [0.25, 0.3) is 0 Å². The van der Waals surface area contributed by atoms with Gasteiger partial charge in [-0.2, -0.15) is 0 Å². The average molecular weight is 529 g/mol. The number of carbonyl (C=O) groups excluding carboxylic acids is 3. The Labute approximate surface area is 223 Å². The first-order valence-electron chi connectivity index (χ1n) is 13.7. The van der Waals surface area contributed by atoms with Crippen LogP contribution >= 0.6 is 0 Å². The number of hydrogen-bond donors (Lipinski definition) is 3. The summed E-state index contributed by atoms with van der Waals surface area (Å²) in [6.45, 7) is 10.0. The van der Waals surface area contributed by atoms with Crippen LogP contribution in [0.4, 0.5) is 0 Å². The quantitative estimate of drug-likeness (QED) is 0.477. The van der Waals surface area contributed by atoms with Crippen molar-refractivity contribution >= 4 is 17.7 Å².